The summed E-state index contributed by atoms with van der Waals surface area (Å²) in [4.78, 5) is 31.5. The van der Waals surface area contributed by atoms with Gasteiger partial charge in [-0.2, -0.15) is 0 Å². The number of nitrogens with one attached hydrogen (secondary N) is 2. The van der Waals surface area contributed by atoms with E-state index in [1.165, 1.54) is 0 Å². The number of rotatable bonds is 6. The van der Waals surface area contributed by atoms with Crippen LogP contribution in [-0.2, 0) is 4.79 Å². The monoisotopic (exact) mass is 358 g/mol. The Labute approximate surface area is 131 Å². The van der Waals surface area contributed by atoms with Crippen LogP contribution in [0.5, 0.6) is 0 Å². The second-order valence-corrected chi connectivity index (χ2v) is 6.21. The van der Waals surface area contributed by atoms with Gasteiger partial charge in [-0.05, 0) is 41.2 Å². The molecule has 3 N–H and O–H groups in total. The molecule has 0 bridgehead atoms. The van der Waals surface area contributed by atoms with Gasteiger partial charge in [0.05, 0.1) is 18.3 Å². The van der Waals surface area contributed by atoms with Crippen molar-refractivity contribution in [1.82, 2.24) is 20.2 Å². The van der Waals surface area contributed by atoms with Crippen molar-refractivity contribution in [3.05, 3.63) is 16.6 Å². The smallest absolute Gasteiger partial charge is 0.405 e. The summed E-state index contributed by atoms with van der Waals surface area (Å²) < 4.78 is 0.843. The van der Waals surface area contributed by atoms with Crippen molar-refractivity contribution in [3.63, 3.8) is 0 Å². The molecule has 116 valence electrons. The van der Waals surface area contributed by atoms with E-state index >= 15 is 0 Å². The Kier molecular flexibility index (Phi) is 5.35. The van der Waals surface area contributed by atoms with E-state index in [0.717, 1.165) is 29.8 Å². The van der Waals surface area contributed by atoms with Crippen molar-refractivity contribution in [2.75, 3.05) is 13.1 Å². The molecular formula is C13H19BrN4O3. The number of carbonyl (C=O) groups excluding carboxylic acids is 1. The first-order valence-corrected chi connectivity index (χ1v) is 7.69. The second kappa shape index (κ2) is 7.04. The number of hydrogen-bond donors (Lipinski definition) is 3. The minimum absolute atomic E-state index is 0.0994. The number of halogens is 1. The zero-order valence-corrected chi connectivity index (χ0v) is 13.3. The van der Waals surface area contributed by atoms with E-state index in [2.05, 4.69) is 36.1 Å². The minimum Gasteiger partial charge on any atom is -0.465 e. The van der Waals surface area contributed by atoms with Crippen LogP contribution in [0.3, 0.4) is 0 Å². The summed E-state index contributed by atoms with van der Waals surface area (Å²) in [6.45, 7) is 3.45. The standard InChI is InChI=1S/C13H19BrN4O3/c1-8(9(7-19)16-13(20)21)6-18-4-2-3-10(18)12-15-5-11(14)17-12/h5,7-10,16H,2-4,6H2,1H3,(H,15,17)(H,20,21)/t8-,9?,10+/m1/s1. The fourth-order valence-electron chi connectivity index (χ4n) is 2.77. The minimum atomic E-state index is -1.17. The maximum Gasteiger partial charge on any atom is 0.405 e. The Morgan fingerprint density at radius 3 is 3.10 bits per heavy atom. The van der Waals surface area contributed by atoms with Crippen molar-refractivity contribution >= 4 is 28.3 Å². The van der Waals surface area contributed by atoms with Crippen LogP contribution >= 0.6 is 15.9 Å². The number of aldehydes is 1. The number of nitrogens with zero attached hydrogens (tertiary/aromatic N) is 2. The Morgan fingerprint density at radius 2 is 2.52 bits per heavy atom. The van der Waals surface area contributed by atoms with E-state index < -0.39 is 12.1 Å². The van der Waals surface area contributed by atoms with E-state index in [1.807, 2.05) is 6.92 Å². The van der Waals surface area contributed by atoms with E-state index in [-0.39, 0.29) is 12.0 Å². The predicted octanol–water partition coefficient (Wildman–Crippen LogP) is 1.78. The largest absolute Gasteiger partial charge is 0.465 e. The molecule has 0 aliphatic carbocycles. The summed E-state index contributed by atoms with van der Waals surface area (Å²) in [5, 5.41) is 11.0. The van der Waals surface area contributed by atoms with Crippen molar-refractivity contribution in [2.45, 2.75) is 31.8 Å². The van der Waals surface area contributed by atoms with Crippen LogP contribution in [0, 0.1) is 5.92 Å². The van der Waals surface area contributed by atoms with Crippen molar-refractivity contribution in [1.29, 1.82) is 0 Å². The zero-order chi connectivity index (χ0) is 15.4. The highest BCUT2D eigenvalue weighted by atomic mass is 79.9. The van der Waals surface area contributed by atoms with Crippen LogP contribution in [0.25, 0.3) is 0 Å². The van der Waals surface area contributed by atoms with Gasteiger partial charge in [-0.25, -0.2) is 9.78 Å². The van der Waals surface area contributed by atoms with Crippen LogP contribution in [0.1, 0.15) is 31.6 Å². The molecule has 0 spiro atoms. The third-order valence-corrected chi connectivity index (χ3v) is 4.22. The summed E-state index contributed by atoms with van der Waals surface area (Å²) in [5.41, 5.74) is 0. The fraction of sp³-hybridized carbons (Fsp3) is 0.615. The SMILES string of the molecule is C[C@H](CN1CCC[C@H]1c1ncc(Br)[nH]1)C(C=O)NC(=O)O. The Bertz CT molecular complexity index is 507. The van der Waals surface area contributed by atoms with Gasteiger partial charge in [-0.15, -0.1) is 0 Å². The van der Waals surface area contributed by atoms with Crippen LogP contribution in [-0.4, -0.2) is 51.5 Å². The topological polar surface area (TPSA) is 98.3 Å². The molecule has 1 amide bonds. The molecule has 0 radical (unpaired) electrons. The van der Waals surface area contributed by atoms with E-state index in [9.17, 15) is 9.59 Å². The Balaban J connectivity index is 2.00. The summed E-state index contributed by atoms with van der Waals surface area (Å²) in [6, 6.07) is -0.497. The molecule has 8 heteroatoms. The van der Waals surface area contributed by atoms with Gasteiger partial charge in [-0.3, -0.25) is 4.90 Å². The Hall–Kier alpha value is -1.41. The third kappa shape index (κ3) is 4.04. The first kappa shape index (κ1) is 16.0. The van der Waals surface area contributed by atoms with Gasteiger partial charge in [0.1, 0.15) is 16.7 Å². The van der Waals surface area contributed by atoms with Crippen LogP contribution < -0.4 is 5.32 Å². The number of carboxylic acid groups (broad SMARTS) is 1. The zero-order valence-electron chi connectivity index (χ0n) is 11.8. The van der Waals surface area contributed by atoms with Crippen LogP contribution in [0.15, 0.2) is 10.8 Å². The van der Waals surface area contributed by atoms with Gasteiger partial charge >= 0.3 is 6.09 Å². The van der Waals surface area contributed by atoms with Crippen molar-refractivity contribution in [2.24, 2.45) is 5.92 Å². The number of carbonyl (C=O) groups is 2. The van der Waals surface area contributed by atoms with Gasteiger partial charge in [0, 0.05) is 6.54 Å². The molecule has 21 heavy (non-hydrogen) atoms. The molecular weight excluding hydrogens is 340 g/mol. The molecule has 2 heterocycles. The highest BCUT2D eigenvalue weighted by molar-refractivity contribution is 9.10. The number of aromatic amines is 1. The van der Waals surface area contributed by atoms with Gasteiger partial charge in [-0.1, -0.05) is 6.92 Å². The highest BCUT2D eigenvalue weighted by Gasteiger charge is 2.31. The van der Waals surface area contributed by atoms with E-state index in [4.69, 9.17) is 5.11 Å². The number of amides is 1. The maximum atomic E-state index is 11.0. The molecule has 1 fully saturated rings. The average Bonchev–Trinajstić information content (AvgIpc) is 3.04. The summed E-state index contributed by atoms with van der Waals surface area (Å²) in [7, 11) is 0. The fourth-order valence-corrected chi connectivity index (χ4v) is 3.08. The van der Waals surface area contributed by atoms with Gasteiger partial charge in [0.15, 0.2) is 0 Å². The lowest BCUT2D eigenvalue weighted by atomic mass is 10.0. The molecule has 1 aromatic rings. The van der Waals surface area contributed by atoms with Crippen LogP contribution in [0.2, 0.25) is 0 Å². The lowest BCUT2D eigenvalue weighted by molar-refractivity contribution is -0.110. The molecule has 1 saturated heterocycles. The lowest BCUT2D eigenvalue weighted by Crippen LogP contribution is -2.44. The molecule has 3 atom stereocenters. The van der Waals surface area contributed by atoms with Crippen molar-refractivity contribution < 1.29 is 14.7 Å². The first-order chi connectivity index (χ1) is 10.0. The van der Waals surface area contributed by atoms with Crippen molar-refractivity contribution in [3.8, 4) is 0 Å². The first-order valence-electron chi connectivity index (χ1n) is 6.90. The number of aromatic nitrogens is 2. The second-order valence-electron chi connectivity index (χ2n) is 5.36. The molecule has 1 aliphatic rings. The van der Waals surface area contributed by atoms with Gasteiger partial charge < -0.3 is 20.2 Å². The molecule has 1 aromatic heterocycles. The summed E-state index contributed by atoms with van der Waals surface area (Å²) >= 11 is 3.35. The van der Waals surface area contributed by atoms with Gasteiger partial charge in [0.25, 0.3) is 0 Å². The molecule has 0 saturated carbocycles. The van der Waals surface area contributed by atoms with E-state index in [0.29, 0.717) is 12.8 Å². The van der Waals surface area contributed by atoms with Crippen LogP contribution in [0.4, 0.5) is 4.79 Å². The Morgan fingerprint density at radius 1 is 1.76 bits per heavy atom. The molecule has 2 rings (SSSR count). The predicted molar refractivity (Wildman–Crippen MR) is 80.0 cm³/mol. The number of H-pyrrole nitrogens is 1. The summed E-state index contributed by atoms with van der Waals surface area (Å²) in [5.74, 6) is 0.804. The number of hydrogen-bond acceptors (Lipinski definition) is 4. The third-order valence-electron chi connectivity index (χ3n) is 3.82. The average molecular weight is 359 g/mol. The normalized spacial score (nSPS) is 21.9. The number of likely N-dealkylation sites (tertiary alicyclic amines) is 1. The molecule has 1 unspecified atom stereocenters. The lowest BCUT2D eigenvalue weighted by Gasteiger charge is -2.28. The molecule has 0 aromatic carbocycles. The highest BCUT2D eigenvalue weighted by Crippen LogP contribution is 2.31. The van der Waals surface area contributed by atoms with E-state index in [1.54, 1.807) is 6.20 Å². The maximum absolute atomic E-state index is 11.0. The molecule has 7 nitrogen and oxygen atoms in total. The molecule has 1 aliphatic heterocycles. The number of imidazole rings is 1. The van der Waals surface area contributed by atoms with Gasteiger partial charge in [0.2, 0.25) is 0 Å². The quantitative estimate of drug-likeness (QED) is 0.673. The summed E-state index contributed by atoms with van der Waals surface area (Å²) in [6.07, 6.45) is 3.29.